The average molecular weight is 521 g/mol. The molecule has 0 aliphatic rings. The van der Waals surface area contributed by atoms with Crippen molar-refractivity contribution in [1.82, 2.24) is 0 Å². The smallest absolute Gasteiger partial charge is 0.305 e. The second-order valence-electron chi connectivity index (χ2n) is 11.7. The standard InChI is InChI=1S/C35H68O2/c1-4-6-7-8-9-10-11-12-13-14-15-16-17-18-19-20-23-26-29-32-35(36)37-33-30-27-24-21-22-25-28-31-34(3)5-2/h12-13,34H,4-11,14-33H2,1-3H3. The molecule has 0 rings (SSSR count). The Kier molecular flexibility index (Phi) is 30.8. The van der Waals surface area contributed by atoms with Gasteiger partial charge in [0.25, 0.3) is 0 Å². The molecule has 0 bridgehead atoms. The van der Waals surface area contributed by atoms with Crippen LogP contribution in [0.1, 0.15) is 194 Å². The first-order chi connectivity index (χ1) is 18.2. The van der Waals surface area contributed by atoms with Crippen LogP contribution in [0.15, 0.2) is 12.2 Å². The summed E-state index contributed by atoms with van der Waals surface area (Å²) in [4.78, 5) is 11.9. The van der Waals surface area contributed by atoms with E-state index in [0.29, 0.717) is 13.0 Å². The van der Waals surface area contributed by atoms with Crippen LogP contribution in [0, 0.1) is 5.92 Å². The summed E-state index contributed by atoms with van der Waals surface area (Å²) >= 11 is 0. The Morgan fingerprint density at radius 3 is 1.51 bits per heavy atom. The minimum atomic E-state index is 0.0195. The third-order valence-electron chi connectivity index (χ3n) is 7.94. The third kappa shape index (κ3) is 31.3. The number of hydrogen-bond donors (Lipinski definition) is 0. The fourth-order valence-electron chi connectivity index (χ4n) is 4.99. The van der Waals surface area contributed by atoms with Crippen molar-refractivity contribution in [3.05, 3.63) is 12.2 Å². The molecule has 1 unspecified atom stereocenters. The van der Waals surface area contributed by atoms with Gasteiger partial charge in [0.2, 0.25) is 0 Å². The molecule has 1 atom stereocenters. The van der Waals surface area contributed by atoms with Gasteiger partial charge in [0.15, 0.2) is 0 Å². The summed E-state index contributed by atoms with van der Waals surface area (Å²) in [6.07, 6.45) is 39.7. The van der Waals surface area contributed by atoms with Crippen molar-refractivity contribution in [2.45, 2.75) is 194 Å². The Bertz CT molecular complexity index is 470. The van der Waals surface area contributed by atoms with Crippen molar-refractivity contribution in [2.75, 3.05) is 6.61 Å². The largest absolute Gasteiger partial charge is 0.466 e. The van der Waals surface area contributed by atoms with Crippen molar-refractivity contribution in [2.24, 2.45) is 5.92 Å². The van der Waals surface area contributed by atoms with Gasteiger partial charge in [-0.2, -0.15) is 0 Å². The number of allylic oxidation sites excluding steroid dienone is 2. The predicted octanol–water partition coefficient (Wildman–Crippen LogP) is 12.3. The number of carbonyl (C=O) groups excluding carboxylic acids is 1. The van der Waals surface area contributed by atoms with Crippen molar-refractivity contribution in [1.29, 1.82) is 0 Å². The Hall–Kier alpha value is -0.790. The van der Waals surface area contributed by atoms with E-state index in [4.69, 9.17) is 4.74 Å². The van der Waals surface area contributed by atoms with Crippen LogP contribution >= 0.6 is 0 Å². The first-order valence-corrected chi connectivity index (χ1v) is 17.0. The molecule has 0 aromatic rings. The van der Waals surface area contributed by atoms with E-state index < -0.39 is 0 Å². The van der Waals surface area contributed by atoms with Crippen LogP contribution < -0.4 is 0 Å². The number of hydrogen-bond acceptors (Lipinski definition) is 2. The Labute approximate surface area is 234 Å². The van der Waals surface area contributed by atoms with Gasteiger partial charge in [-0.3, -0.25) is 4.79 Å². The molecule has 0 aromatic carbocycles. The molecule has 37 heavy (non-hydrogen) atoms. The first kappa shape index (κ1) is 36.2. The number of rotatable bonds is 30. The third-order valence-corrected chi connectivity index (χ3v) is 7.94. The summed E-state index contributed by atoms with van der Waals surface area (Å²) in [6.45, 7) is 7.56. The molecular formula is C35H68O2. The number of unbranched alkanes of at least 4 members (excludes halogenated alkanes) is 21. The van der Waals surface area contributed by atoms with Gasteiger partial charge in [0, 0.05) is 6.42 Å². The first-order valence-electron chi connectivity index (χ1n) is 17.0. The number of carbonyl (C=O) groups is 1. The van der Waals surface area contributed by atoms with Crippen LogP contribution in [-0.2, 0) is 9.53 Å². The average Bonchev–Trinajstić information content (AvgIpc) is 2.90. The molecule has 0 saturated heterocycles. The lowest BCUT2D eigenvalue weighted by Gasteiger charge is -2.07. The second kappa shape index (κ2) is 31.4. The zero-order chi connectivity index (χ0) is 27.1. The fourth-order valence-corrected chi connectivity index (χ4v) is 4.99. The summed E-state index contributed by atoms with van der Waals surface area (Å²) in [7, 11) is 0. The quantitative estimate of drug-likeness (QED) is 0.0534. The van der Waals surface area contributed by atoms with Crippen molar-refractivity contribution < 1.29 is 9.53 Å². The van der Waals surface area contributed by atoms with Gasteiger partial charge in [-0.25, -0.2) is 0 Å². The van der Waals surface area contributed by atoms with E-state index in [2.05, 4.69) is 32.9 Å². The normalized spacial score (nSPS) is 12.4. The molecule has 2 nitrogen and oxygen atoms in total. The second-order valence-corrected chi connectivity index (χ2v) is 11.7. The SMILES string of the molecule is CCCCCCCCC=CCCCCCCCCCCCC(=O)OCCCCCCCCCC(C)CC. The van der Waals surface area contributed by atoms with Gasteiger partial charge >= 0.3 is 5.97 Å². The molecule has 0 aromatic heterocycles. The zero-order valence-electron chi connectivity index (χ0n) is 25.8. The Morgan fingerprint density at radius 1 is 0.568 bits per heavy atom. The van der Waals surface area contributed by atoms with E-state index in [0.717, 1.165) is 18.8 Å². The fraction of sp³-hybridized carbons (Fsp3) is 0.914. The topological polar surface area (TPSA) is 26.3 Å². The molecule has 0 radical (unpaired) electrons. The maximum absolute atomic E-state index is 11.9. The summed E-state index contributed by atoms with van der Waals surface area (Å²) in [6, 6.07) is 0. The van der Waals surface area contributed by atoms with E-state index in [-0.39, 0.29) is 5.97 Å². The molecular weight excluding hydrogens is 452 g/mol. The lowest BCUT2D eigenvalue weighted by molar-refractivity contribution is -0.143. The van der Waals surface area contributed by atoms with E-state index >= 15 is 0 Å². The highest BCUT2D eigenvalue weighted by Gasteiger charge is 2.03. The van der Waals surface area contributed by atoms with Crippen LogP contribution in [0.5, 0.6) is 0 Å². The molecule has 0 heterocycles. The number of esters is 1. The van der Waals surface area contributed by atoms with Gasteiger partial charge in [-0.05, 0) is 44.4 Å². The van der Waals surface area contributed by atoms with E-state index in [9.17, 15) is 4.79 Å². The zero-order valence-corrected chi connectivity index (χ0v) is 25.8. The Morgan fingerprint density at radius 2 is 1.00 bits per heavy atom. The van der Waals surface area contributed by atoms with Gasteiger partial charge in [-0.15, -0.1) is 0 Å². The summed E-state index contributed by atoms with van der Waals surface area (Å²) in [5, 5.41) is 0. The van der Waals surface area contributed by atoms with Crippen LogP contribution in [0.4, 0.5) is 0 Å². The van der Waals surface area contributed by atoms with Gasteiger partial charge < -0.3 is 4.74 Å². The maximum Gasteiger partial charge on any atom is 0.305 e. The summed E-state index contributed by atoms with van der Waals surface area (Å²) < 4.78 is 5.42. The molecule has 220 valence electrons. The minimum absolute atomic E-state index is 0.0195. The highest BCUT2D eigenvalue weighted by atomic mass is 16.5. The molecule has 0 amide bonds. The van der Waals surface area contributed by atoms with Crippen LogP contribution in [0.25, 0.3) is 0 Å². The number of ether oxygens (including phenoxy) is 1. The van der Waals surface area contributed by atoms with E-state index in [1.807, 2.05) is 0 Å². The minimum Gasteiger partial charge on any atom is -0.466 e. The molecule has 0 N–H and O–H groups in total. The maximum atomic E-state index is 11.9. The van der Waals surface area contributed by atoms with Gasteiger partial charge in [0.1, 0.15) is 0 Å². The molecule has 2 heteroatoms. The van der Waals surface area contributed by atoms with Crippen molar-refractivity contribution >= 4 is 5.97 Å². The molecule has 0 fully saturated rings. The van der Waals surface area contributed by atoms with Crippen molar-refractivity contribution in [3.63, 3.8) is 0 Å². The monoisotopic (exact) mass is 521 g/mol. The van der Waals surface area contributed by atoms with Gasteiger partial charge in [-0.1, -0.05) is 161 Å². The lowest BCUT2D eigenvalue weighted by atomic mass is 10.00. The van der Waals surface area contributed by atoms with Crippen LogP contribution in [-0.4, -0.2) is 12.6 Å². The van der Waals surface area contributed by atoms with Crippen LogP contribution in [0.3, 0.4) is 0 Å². The lowest BCUT2D eigenvalue weighted by Crippen LogP contribution is -2.05. The highest BCUT2D eigenvalue weighted by Crippen LogP contribution is 2.15. The molecule has 0 spiro atoms. The van der Waals surface area contributed by atoms with E-state index in [1.54, 1.807) is 0 Å². The Balaban J connectivity index is 3.20. The summed E-state index contributed by atoms with van der Waals surface area (Å²) in [5.74, 6) is 0.915. The van der Waals surface area contributed by atoms with E-state index in [1.165, 1.54) is 154 Å². The molecule has 0 aliphatic carbocycles. The van der Waals surface area contributed by atoms with Gasteiger partial charge in [0.05, 0.1) is 6.61 Å². The highest BCUT2D eigenvalue weighted by molar-refractivity contribution is 5.69. The van der Waals surface area contributed by atoms with Crippen molar-refractivity contribution in [3.8, 4) is 0 Å². The molecule has 0 aliphatic heterocycles. The molecule has 0 saturated carbocycles. The predicted molar refractivity (Wildman–Crippen MR) is 165 cm³/mol. The summed E-state index contributed by atoms with van der Waals surface area (Å²) in [5.41, 5.74) is 0. The van der Waals surface area contributed by atoms with Crippen LogP contribution in [0.2, 0.25) is 0 Å².